The number of hydrogen-bond donors (Lipinski definition) is 1. The highest BCUT2D eigenvalue weighted by atomic mass is 16.5. The number of hydrogen-bond acceptors (Lipinski definition) is 3. The highest BCUT2D eigenvalue weighted by Gasteiger charge is 2.45. The van der Waals surface area contributed by atoms with E-state index in [1.165, 1.54) is 25.7 Å². The van der Waals surface area contributed by atoms with Crippen molar-refractivity contribution in [2.45, 2.75) is 76.5 Å². The number of likely N-dealkylation sites (N-methyl/N-ethyl adjacent to an activating group) is 1. The van der Waals surface area contributed by atoms with Crippen LogP contribution in [0.15, 0.2) is 0 Å². The molecular weight excluding hydrogens is 224 g/mol. The summed E-state index contributed by atoms with van der Waals surface area (Å²) in [6.45, 7) is 9.45. The lowest BCUT2D eigenvalue weighted by Gasteiger charge is -2.52. The molecular formula is C15H30N2O. The Morgan fingerprint density at radius 3 is 2.44 bits per heavy atom. The van der Waals surface area contributed by atoms with Crippen molar-refractivity contribution < 1.29 is 4.74 Å². The Kier molecular flexibility index (Phi) is 4.35. The number of ether oxygens (including phenoxy) is 1. The molecule has 2 aliphatic rings. The molecule has 3 nitrogen and oxygen atoms in total. The third kappa shape index (κ3) is 2.73. The fourth-order valence-corrected chi connectivity index (χ4v) is 4.18. The summed E-state index contributed by atoms with van der Waals surface area (Å²) in [5, 5.41) is 0. The van der Waals surface area contributed by atoms with Gasteiger partial charge in [0.2, 0.25) is 0 Å². The lowest BCUT2D eigenvalue weighted by atomic mass is 9.79. The molecule has 0 spiro atoms. The predicted octanol–water partition coefficient (Wildman–Crippen LogP) is 2.54. The minimum Gasteiger partial charge on any atom is -0.375 e. The predicted molar refractivity (Wildman–Crippen MR) is 75.7 cm³/mol. The zero-order chi connectivity index (χ0) is 13.2. The van der Waals surface area contributed by atoms with Crippen molar-refractivity contribution in [2.75, 3.05) is 19.7 Å². The molecule has 1 unspecified atom stereocenters. The molecule has 0 aromatic rings. The lowest BCUT2D eigenvalue weighted by Crippen LogP contribution is -2.62. The van der Waals surface area contributed by atoms with Gasteiger partial charge in [0.05, 0.1) is 5.60 Å². The van der Waals surface area contributed by atoms with Crippen molar-refractivity contribution >= 4 is 0 Å². The second kappa shape index (κ2) is 5.48. The first-order chi connectivity index (χ1) is 8.53. The molecule has 0 radical (unpaired) electrons. The third-order valence-corrected chi connectivity index (χ3v) is 4.91. The summed E-state index contributed by atoms with van der Waals surface area (Å²) >= 11 is 0. The SMILES string of the molecule is CCN(C1CCCC1)C1(CN)CCOC(C)(C)C1. The van der Waals surface area contributed by atoms with Gasteiger partial charge in [-0.25, -0.2) is 0 Å². The van der Waals surface area contributed by atoms with E-state index in [1.54, 1.807) is 0 Å². The van der Waals surface area contributed by atoms with Crippen LogP contribution in [0.1, 0.15) is 59.3 Å². The van der Waals surface area contributed by atoms with E-state index in [-0.39, 0.29) is 11.1 Å². The number of rotatable bonds is 4. The fraction of sp³-hybridized carbons (Fsp3) is 1.00. The first-order valence-corrected chi connectivity index (χ1v) is 7.64. The Labute approximate surface area is 112 Å². The fourth-order valence-electron chi connectivity index (χ4n) is 4.18. The molecule has 2 rings (SSSR count). The van der Waals surface area contributed by atoms with Gasteiger partial charge in [-0.2, -0.15) is 0 Å². The molecule has 1 heterocycles. The van der Waals surface area contributed by atoms with Gasteiger partial charge in [0.25, 0.3) is 0 Å². The molecule has 2 fully saturated rings. The van der Waals surface area contributed by atoms with Crippen LogP contribution in [0.3, 0.4) is 0 Å². The van der Waals surface area contributed by atoms with Gasteiger partial charge in [0.15, 0.2) is 0 Å². The van der Waals surface area contributed by atoms with Crippen LogP contribution < -0.4 is 5.73 Å². The average molecular weight is 254 g/mol. The molecule has 106 valence electrons. The van der Waals surface area contributed by atoms with Crippen LogP contribution in [0, 0.1) is 0 Å². The van der Waals surface area contributed by atoms with Crippen LogP contribution in [-0.2, 0) is 4.74 Å². The minimum atomic E-state index is -0.0242. The summed E-state index contributed by atoms with van der Waals surface area (Å²) in [6, 6.07) is 0.757. The van der Waals surface area contributed by atoms with Crippen molar-refractivity contribution in [1.82, 2.24) is 4.90 Å². The molecule has 3 heteroatoms. The van der Waals surface area contributed by atoms with E-state index in [2.05, 4.69) is 25.7 Å². The van der Waals surface area contributed by atoms with Gasteiger partial charge >= 0.3 is 0 Å². The Hall–Kier alpha value is -0.120. The molecule has 0 bridgehead atoms. The van der Waals surface area contributed by atoms with Gasteiger partial charge in [-0.05, 0) is 46.1 Å². The van der Waals surface area contributed by atoms with Gasteiger partial charge in [0.1, 0.15) is 0 Å². The van der Waals surface area contributed by atoms with E-state index >= 15 is 0 Å². The zero-order valence-corrected chi connectivity index (χ0v) is 12.4. The van der Waals surface area contributed by atoms with Gasteiger partial charge < -0.3 is 10.5 Å². The summed E-state index contributed by atoms with van der Waals surface area (Å²) < 4.78 is 5.90. The van der Waals surface area contributed by atoms with Crippen LogP contribution in [0.25, 0.3) is 0 Å². The molecule has 0 aromatic heterocycles. The molecule has 1 atom stereocenters. The van der Waals surface area contributed by atoms with Gasteiger partial charge in [-0.15, -0.1) is 0 Å². The normalized spacial score (nSPS) is 33.2. The summed E-state index contributed by atoms with van der Waals surface area (Å²) in [4.78, 5) is 2.71. The minimum absolute atomic E-state index is 0.0242. The smallest absolute Gasteiger partial charge is 0.0644 e. The van der Waals surface area contributed by atoms with E-state index in [9.17, 15) is 0 Å². The molecule has 0 amide bonds. The summed E-state index contributed by atoms with van der Waals surface area (Å²) in [5.74, 6) is 0. The standard InChI is InChI=1S/C15H30N2O/c1-4-17(13-7-5-6-8-13)15(12-16)9-10-18-14(2,3)11-15/h13H,4-12,16H2,1-3H3. The highest BCUT2D eigenvalue weighted by Crippen LogP contribution is 2.39. The van der Waals surface area contributed by atoms with E-state index in [0.29, 0.717) is 0 Å². The highest BCUT2D eigenvalue weighted by molar-refractivity contribution is 5.01. The molecule has 18 heavy (non-hydrogen) atoms. The van der Waals surface area contributed by atoms with Crippen molar-refractivity contribution in [3.05, 3.63) is 0 Å². The van der Waals surface area contributed by atoms with E-state index in [0.717, 1.165) is 38.6 Å². The summed E-state index contributed by atoms with van der Waals surface area (Å²) in [6.07, 6.45) is 7.66. The molecule has 1 saturated heterocycles. The first-order valence-electron chi connectivity index (χ1n) is 7.64. The van der Waals surface area contributed by atoms with E-state index in [1.807, 2.05) is 0 Å². The second-order valence-corrected chi connectivity index (χ2v) is 6.69. The topological polar surface area (TPSA) is 38.5 Å². The summed E-state index contributed by atoms with van der Waals surface area (Å²) in [5.41, 5.74) is 6.35. The van der Waals surface area contributed by atoms with E-state index in [4.69, 9.17) is 10.5 Å². The van der Waals surface area contributed by atoms with Gasteiger partial charge in [-0.1, -0.05) is 19.8 Å². The second-order valence-electron chi connectivity index (χ2n) is 6.69. The maximum absolute atomic E-state index is 6.21. The Balaban J connectivity index is 2.17. The molecule has 2 N–H and O–H groups in total. The van der Waals surface area contributed by atoms with Crippen LogP contribution in [0.2, 0.25) is 0 Å². The monoisotopic (exact) mass is 254 g/mol. The Morgan fingerprint density at radius 1 is 1.28 bits per heavy atom. The largest absolute Gasteiger partial charge is 0.375 e. The number of nitrogens with zero attached hydrogens (tertiary/aromatic N) is 1. The van der Waals surface area contributed by atoms with Crippen LogP contribution in [0.5, 0.6) is 0 Å². The van der Waals surface area contributed by atoms with Crippen molar-refractivity contribution in [2.24, 2.45) is 5.73 Å². The average Bonchev–Trinajstić information content (AvgIpc) is 2.82. The molecule has 1 aliphatic carbocycles. The van der Waals surface area contributed by atoms with Gasteiger partial charge in [-0.3, -0.25) is 4.90 Å². The molecule has 0 aromatic carbocycles. The Morgan fingerprint density at radius 2 is 1.94 bits per heavy atom. The lowest BCUT2D eigenvalue weighted by molar-refractivity contribution is -0.125. The maximum atomic E-state index is 6.21. The van der Waals surface area contributed by atoms with Crippen LogP contribution >= 0.6 is 0 Å². The summed E-state index contributed by atoms with van der Waals surface area (Å²) in [7, 11) is 0. The number of nitrogens with two attached hydrogens (primary N) is 1. The van der Waals surface area contributed by atoms with Crippen LogP contribution in [0.4, 0.5) is 0 Å². The van der Waals surface area contributed by atoms with Crippen molar-refractivity contribution in [3.63, 3.8) is 0 Å². The van der Waals surface area contributed by atoms with Crippen molar-refractivity contribution in [1.29, 1.82) is 0 Å². The quantitative estimate of drug-likeness (QED) is 0.838. The Bertz CT molecular complexity index is 274. The van der Waals surface area contributed by atoms with Crippen molar-refractivity contribution in [3.8, 4) is 0 Å². The first kappa shape index (κ1) is 14.3. The zero-order valence-electron chi connectivity index (χ0n) is 12.4. The maximum Gasteiger partial charge on any atom is 0.0644 e. The van der Waals surface area contributed by atoms with Gasteiger partial charge in [0, 0.05) is 24.7 Å². The third-order valence-electron chi connectivity index (χ3n) is 4.91. The molecule has 1 saturated carbocycles. The van der Waals surface area contributed by atoms with E-state index < -0.39 is 0 Å². The molecule has 1 aliphatic heterocycles. The van der Waals surface area contributed by atoms with Crippen LogP contribution in [-0.4, -0.2) is 41.8 Å².